The van der Waals surface area contributed by atoms with Crippen molar-refractivity contribution in [3.05, 3.63) is 83.9 Å². The van der Waals surface area contributed by atoms with E-state index in [1.807, 2.05) is 79.7 Å². The summed E-state index contributed by atoms with van der Waals surface area (Å²) in [4.78, 5) is 30.2. The lowest BCUT2D eigenvalue weighted by molar-refractivity contribution is -0.128. The summed E-state index contributed by atoms with van der Waals surface area (Å²) in [6.45, 7) is 3.80. The van der Waals surface area contributed by atoms with E-state index in [9.17, 15) is 9.59 Å². The molecule has 1 saturated carbocycles. The number of hydrogen-bond acceptors (Lipinski definition) is 5. The molecule has 8 nitrogen and oxygen atoms in total. The van der Waals surface area contributed by atoms with Gasteiger partial charge in [-0.2, -0.15) is 0 Å². The average molecular weight is 526 g/mol. The van der Waals surface area contributed by atoms with Crippen molar-refractivity contribution in [2.75, 3.05) is 12.0 Å². The Morgan fingerprint density at radius 3 is 2.36 bits per heavy atom. The number of para-hydroxylation sites is 1. The average Bonchev–Trinajstić information content (AvgIpc) is 3.40. The van der Waals surface area contributed by atoms with Gasteiger partial charge in [0.1, 0.15) is 23.3 Å². The van der Waals surface area contributed by atoms with Gasteiger partial charge in [-0.3, -0.25) is 14.5 Å². The molecule has 202 valence electrons. The molecule has 0 radical (unpaired) electrons. The summed E-state index contributed by atoms with van der Waals surface area (Å²) in [7, 11) is 1.61. The topological polar surface area (TPSA) is 89.4 Å². The number of benzene rings is 3. The van der Waals surface area contributed by atoms with E-state index in [-0.39, 0.29) is 17.9 Å². The Kier molecular flexibility index (Phi) is 7.91. The first-order valence-corrected chi connectivity index (χ1v) is 13.6. The second-order valence-electron chi connectivity index (χ2n) is 10.3. The molecule has 2 amide bonds. The lowest BCUT2D eigenvalue weighted by Gasteiger charge is -2.35. The van der Waals surface area contributed by atoms with Gasteiger partial charge in [-0.05, 0) is 68.7 Å². The third-order valence-corrected chi connectivity index (χ3v) is 7.54. The zero-order valence-corrected chi connectivity index (χ0v) is 22.7. The molecule has 3 aromatic carbocycles. The van der Waals surface area contributed by atoms with Crippen LogP contribution in [0.4, 0.5) is 5.69 Å². The zero-order chi connectivity index (χ0) is 27.4. The van der Waals surface area contributed by atoms with Crippen LogP contribution in [-0.2, 0) is 9.59 Å². The fourth-order valence-electron chi connectivity index (χ4n) is 5.32. The van der Waals surface area contributed by atoms with Gasteiger partial charge in [-0.15, -0.1) is 5.10 Å². The molecule has 0 spiro atoms. The maximum absolute atomic E-state index is 14.4. The second-order valence-corrected chi connectivity index (χ2v) is 10.3. The number of ether oxygens (including phenoxy) is 1. The normalized spacial score (nSPS) is 15.5. The van der Waals surface area contributed by atoms with Gasteiger partial charge in [0.15, 0.2) is 0 Å². The van der Waals surface area contributed by atoms with Crippen LogP contribution in [0.1, 0.15) is 62.2 Å². The van der Waals surface area contributed by atoms with Gasteiger partial charge in [-0.25, -0.2) is 4.68 Å². The van der Waals surface area contributed by atoms with Crippen molar-refractivity contribution in [2.24, 2.45) is 0 Å². The Labute approximate surface area is 229 Å². The standard InChI is InChI=1S/C31H35N5O3/c1-21-13-17-25(18-14-21)35(31(38)22(2)36-28-12-8-7-11-27(28)33-34-36)29(23-15-19-26(39-3)20-16-23)30(37)32-24-9-5-4-6-10-24/h7-8,11-20,22,24,29H,4-6,9-10H2,1-3H3,(H,32,37). The number of methoxy groups -OCH3 is 1. The summed E-state index contributed by atoms with van der Waals surface area (Å²) in [5.74, 6) is 0.228. The molecule has 0 aliphatic heterocycles. The van der Waals surface area contributed by atoms with E-state index in [2.05, 4.69) is 15.6 Å². The first-order valence-electron chi connectivity index (χ1n) is 13.6. The summed E-state index contributed by atoms with van der Waals surface area (Å²) in [5.41, 5.74) is 3.87. The van der Waals surface area contributed by atoms with Crippen LogP contribution < -0.4 is 15.0 Å². The first kappa shape index (κ1) is 26.4. The fourth-order valence-corrected chi connectivity index (χ4v) is 5.32. The maximum Gasteiger partial charge on any atom is 0.252 e. The zero-order valence-electron chi connectivity index (χ0n) is 22.7. The fraction of sp³-hybridized carbons (Fsp3) is 0.355. The SMILES string of the molecule is COc1ccc(C(C(=O)NC2CCCCC2)N(C(=O)C(C)n2nnc3ccccc32)c2ccc(C)cc2)cc1. The third-order valence-electron chi connectivity index (χ3n) is 7.54. The van der Waals surface area contributed by atoms with Crippen molar-refractivity contribution in [1.29, 1.82) is 0 Å². The maximum atomic E-state index is 14.4. The predicted octanol–water partition coefficient (Wildman–Crippen LogP) is 5.53. The van der Waals surface area contributed by atoms with Crippen LogP contribution in [0.15, 0.2) is 72.8 Å². The summed E-state index contributed by atoms with van der Waals surface area (Å²) < 4.78 is 6.99. The smallest absolute Gasteiger partial charge is 0.252 e. The number of anilines is 1. The molecule has 1 fully saturated rings. The largest absolute Gasteiger partial charge is 0.497 e. The number of amides is 2. The number of nitrogens with one attached hydrogen (secondary N) is 1. The summed E-state index contributed by atoms with van der Waals surface area (Å²) in [6.07, 6.45) is 5.26. The number of aromatic nitrogens is 3. The summed E-state index contributed by atoms with van der Waals surface area (Å²) in [5, 5.41) is 11.8. The number of nitrogens with zero attached hydrogens (tertiary/aromatic N) is 4. The molecule has 5 rings (SSSR count). The minimum atomic E-state index is -0.884. The summed E-state index contributed by atoms with van der Waals surface area (Å²) >= 11 is 0. The third kappa shape index (κ3) is 5.65. The molecule has 1 aliphatic carbocycles. The van der Waals surface area contributed by atoms with Crippen molar-refractivity contribution < 1.29 is 14.3 Å². The number of carbonyl (C=O) groups excluding carboxylic acids is 2. The Hall–Kier alpha value is -4.20. The summed E-state index contributed by atoms with van der Waals surface area (Å²) in [6, 6.07) is 21.1. The highest BCUT2D eigenvalue weighted by molar-refractivity contribution is 6.03. The predicted molar refractivity (Wildman–Crippen MR) is 152 cm³/mol. The van der Waals surface area contributed by atoms with E-state index in [0.29, 0.717) is 22.5 Å². The van der Waals surface area contributed by atoms with E-state index in [1.54, 1.807) is 23.6 Å². The second kappa shape index (κ2) is 11.7. The quantitative estimate of drug-likeness (QED) is 0.327. The molecule has 2 atom stereocenters. The highest BCUT2D eigenvalue weighted by atomic mass is 16.5. The van der Waals surface area contributed by atoms with E-state index in [0.717, 1.165) is 36.8 Å². The monoisotopic (exact) mass is 525 g/mol. The molecule has 8 heteroatoms. The van der Waals surface area contributed by atoms with Crippen LogP contribution in [0.5, 0.6) is 5.75 Å². The molecular formula is C31H35N5O3. The molecule has 0 saturated heterocycles. The number of hydrogen-bond donors (Lipinski definition) is 1. The number of aryl methyl sites for hydroxylation is 1. The Morgan fingerprint density at radius 1 is 0.974 bits per heavy atom. The minimum Gasteiger partial charge on any atom is -0.497 e. The van der Waals surface area contributed by atoms with Gasteiger partial charge in [0.05, 0.1) is 12.6 Å². The van der Waals surface area contributed by atoms with Crippen LogP contribution in [0.25, 0.3) is 11.0 Å². The Morgan fingerprint density at radius 2 is 1.67 bits per heavy atom. The highest BCUT2D eigenvalue weighted by Gasteiger charge is 2.37. The van der Waals surface area contributed by atoms with Gasteiger partial charge in [-0.1, -0.05) is 66.4 Å². The molecule has 0 bridgehead atoms. The van der Waals surface area contributed by atoms with Crippen molar-refractivity contribution in [3.63, 3.8) is 0 Å². The van der Waals surface area contributed by atoms with Gasteiger partial charge >= 0.3 is 0 Å². The van der Waals surface area contributed by atoms with Crippen molar-refractivity contribution >= 4 is 28.5 Å². The number of carbonyl (C=O) groups is 2. The molecule has 39 heavy (non-hydrogen) atoms. The molecule has 1 aromatic heterocycles. The lowest BCUT2D eigenvalue weighted by Crippen LogP contribution is -2.48. The van der Waals surface area contributed by atoms with Crippen molar-refractivity contribution in [2.45, 2.75) is 64.1 Å². The van der Waals surface area contributed by atoms with Crippen molar-refractivity contribution in [3.8, 4) is 5.75 Å². The molecule has 2 unspecified atom stereocenters. The number of rotatable bonds is 8. The van der Waals surface area contributed by atoms with Crippen molar-refractivity contribution in [1.82, 2.24) is 20.3 Å². The van der Waals surface area contributed by atoms with Crippen LogP contribution >= 0.6 is 0 Å². The van der Waals surface area contributed by atoms with Crippen LogP contribution in [0.3, 0.4) is 0 Å². The lowest BCUT2D eigenvalue weighted by atomic mass is 9.94. The Balaban J connectivity index is 1.59. The molecular weight excluding hydrogens is 490 g/mol. The van der Waals surface area contributed by atoms with E-state index in [4.69, 9.17) is 4.74 Å². The number of fused-ring (bicyclic) bond motifs is 1. The van der Waals surface area contributed by atoms with Gasteiger partial charge in [0, 0.05) is 11.7 Å². The highest BCUT2D eigenvalue weighted by Crippen LogP contribution is 2.33. The van der Waals surface area contributed by atoms with Gasteiger partial charge in [0.2, 0.25) is 5.91 Å². The van der Waals surface area contributed by atoms with Crippen LogP contribution in [-0.4, -0.2) is 40.0 Å². The molecule has 1 heterocycles. The Bertz CT molecular complexity index is 1420. The van der Waals surface area contributed by atoms with E-state index in [1.165, 1.54) is 6.42 Å². The van der Waals surface area contributed by atoms with Gasteiger partial charge in [0.25, 0.3) is 5.91 Å². The van der Waals surface area contributed by atoms with Crippen LogP contribution in [0, 0.1) is 6.92 Å². The first-order chi connectivity index (χ1) is 19.0. The minimum absolute atomic E-state index is 0.0960. The molecule has 1 N–H and O–H groups in total. The van der Waals surface area contributed by atoms with Gasteiger partial charge < -0.3 is 10.1 Å². The molecule has 4 aromatic rings. The van der Waals surface area contributed by atoms with E-state index >= 15 is 0 Å². The van der Waals surface area contributed by atoms with Crippen LogP contribution in [0.2, 0.25) is 0 Å². The van der Waals surface area contributed by atoms with E-state index < -0.39 is 12.1 Å². The molecule has 1 aliphatic rings.